The molecule has 3 aromatic heterocycles. The molecule has 0 bridgehead atoms. The highest BCUT2D eigenvalue weighted by molar-refractivity contribution is 7.22. The summed E-state index contributed by atoms with van der Waals surface area (Å²) in [4.78, 5) is 21.9. The number of nitrogens with zero attached hydrogens (tertiary/aromatic N) is 3. The minimum absolute atomic E-state index is 0.154. The van der Waals surface area contributed by atoms with E-state index >= 15 is 0 Å². The largest absolute Gasteiger partial charge is 0.497 e. The van der Waals surface area contributed by atoms with Crippen molar-refractivity contribution in [2.24, 2.45) is 0 Å². The minimum Gasteiger partial charge on any atom is -0.497 e. The molecule has 3 heterocycles. The molecular formula is C19H18N4O3S. The van der Waals surface area contributed by atoms with Gasteiger partial charge in [0, 0.05) is 5.69 Å². The van der Waals surface area contributed by atoms with Gasteiger partial charge in [0.05, 0.1) is 34.0 Å². The van der Waals surface area contributed by atoms with Crippen molar-refractivity contribution in [2.75, 3.05) is 12.4 Å². The first-order valence-electron chi connectivity index (χ1n) is 8.49. The molecule has 0 radical (unpaired) electrons. The number of pyridine rings is 1. The number of fused-ring (bicyclic) bond motifs is 2. The predicted octanol–water partition coefficient (Wildman–Crippen LogP) is 4.53. The smallest absolute Gasteiger partial charge is 0.259 e. The molecule has 8 heteroatoms. The third-order valence-electron chi connectivity index (χ3n) is 4.29. The van der Waals surface area contributed by atoms with Gasteiger partial charge in [0.2, 0.25) is 0 Å². The molecule has 4 rings (SSSR count). The molecular weight excluding hydrogens is 364 g/mol. The van der Waals surface area contributed by atoms with Gasteiger partial charge in [0.25, 0.3) is 11.6 Å². The Bertz CT molecular complexity index is 1160. The van der Waals surface area contributed by atoms with E-state index in [1.54, 1.807) is 20.1 Å². The number of nitrogens with one attached hydrogen (secondary N) is 1. The fourth-order valence-electron chi connectivity index (χ4n) is 2.84. The Morgan fingerprint density at radius 2 is 2.07 bits per heavy atom. The van der Waals surface area contributed by atoms with E-state index in [1.807, 2.05) is 32.0 Å². The zero-order chi connectivity index (χ0) is 19.1. The van der Waals surface area contributed by atoms with E-state index in [0.717, 1.165) is 21.7 Å². The molecule has 0 saturated heterocycles. The van der Waals surface area contributed by atoms with Crippen molar-refractivity contribution in [1.29, 1.82) is 0 Å². The lowest BCUT2D eigenvalue weighted by molar-refractivity contribution is 0.102. The molecule has 7 nitrogen and oxygen atoms in total. The van der Waals surface area contributed by atoms with Gasteiger partial charge in [-0.2, -0.15) is 0 Å². The number of ether oxygens (including phenoxy) is 1. The fraction of sp³-hybridized carbons (Fsp3) is 0.263. The number of methoxy groups -OCH3 is 1. The Kier molecular flexibility index (Phi) is 4.27. The molecule has 1 N–H and O–H groups in total. The summed E-state index contributed by atoms with van der Waals surface area (Å²) in [5, 5.41) is 7.99. The summed E-state index contributed by atoms with van der Waals surface area (Å²) in [5.41, 5.74) is 3.07. The zero-order valence-electron chi connectivity index (χ0n) is 15.4. The predicted molar refractivity (Wildman–Crippen MR) is 105 cm³/mol. The summed E-state index contributed by atoms with van der Waals surface area (Å²) >= 11 is 1.39. The highest BCUT2D eigenvalue weighted by Gasteiger charge is 2.20. The second-order valence-corrected chi connectivity index (χ2v) is 7.53. The monoisotopic (exact) mass is 382 g/mol. The molecule has 4 aromatic rings. The third kappa shape index (κ3) is 3.12. The minimum atomic E-state index is -0.262. The van der Waals surface area contributed by atoms with Gasteiger partial charge in [0.15, 0.2) is 5.13 Å². The number of carbonyl (C=O) groups excluding carboxylic acids is 1. The van der Waals surface area contributed by atoms with Crippen LogP contribution < -0.4 is 10.1 Å². The maximum atomic E-state index is 13.0. The van der Waals surface area contributed by atoms with Gasteiger partial charge >= 0.3 is 0 Å². The van der Waals surface area contributed by atoms with Crippen molar-refractivity contribution in [3.05, 3.63) is 41.2 Å². The molecule has 27 heavy (non-hydrogen) atoms. The van der Waals surface area contributed by atoms with Gasteiger partial charge < -0.3 is 9.26 Å². The number of anilines is 1. The second kappa shape index (κ2) is 6.62. The van der Waals surface area contributed by atoms with Crippen LogP contribution in [0.15, 0.2) is 28.8 Å². The van der Waals surface area contributed by atoms with Crippen LogP contribution in [0.25, 0.3) is 21.3 Å². The number of aryl methyl sites for hydroxylation is 1. The Morgan fingerprint density at radius 3 is 2.81 bits per heavy atom. The normalized spacial score (nSPS) is 11.4. The van der Waals surface area contributed by atoms with Gasteiger partial charge in [-0.05, 0) is 37.1 Å². The Morgan fingerprint density at radius 1 is 1.26 bits per heavy atom. The molecule has 1 aromatic carbocycles. The van der Waals surface area contributed by atoms with Crippen LogP contribution in [0.1, 0.15) is 41.5 Å². The first-order chi connectivity index (χ1) is 13.0. The van der Waals surface area contributed by atoms with Crippen LogP contribution in [-0.4, -0.2) is 28.1 Å². The lowest BCUT2D eigenvalue weighted by Crippen LogP contribution is -2.13. The van der Waals surface area contributed by atoms with E-state index in [1.165, 1.54) is 11.3 Å². The first-order valence-corrected chi connectivity index (χ1v) is 9.30. The lowest BCUT2D eigenvalue weighted by Gasteiger charge is -2.08. The van der Waals surface area contributed by atoms with E-state index in [4.69, 9.17) is 9.26 Å². The molecule has 0 aliphatic carbocycles. The number of benzene rings is 1. The van der Waals surface area contributed by atoms with Crippen molar-refractivity contribution >= 4 is 43.7 Å². The summed E-state index contributed by atoms with van der Waals surface area (Å²) < 4.78 is 11.5. The molecule has 0 unspecified atom stereocenters. The van der Waals surface area contributed by atoms with Crippen molar-refractivity contribution in [2.45, 2.75) is 26.7 Å². The van der Waals surface area contributed by atoms with Crippen LogP contribution in [0.4, 0.5) is 5.13 Å². The van der Waals surface area contributed by atoms with Gasteiger partial charge in [-0.15, -0.1) is 0 Å². The van der Waals surface area contributed by atoms with Crippen molar-refractivity contribution in [3.63, 3.8) is 0 Å². The molecule has 0 spiro atoms. The van der Waals surface area contributed by atoms with Crippen molar-refractivity contribution < 1.29 is 14.1 Å². The average Bonchev–Trinajstić information content (AvgIpc) is 3.23. The Hall–Kier alpha value is -3.00. The third-order valence-corrected chi connectivity index (χ3v) is 5.22. The van der Waals surface area contributed by atoms with Crippen LogP contribution in [-0.2, 0) is 0 Å². The topological polar surface area (TPSA) is 90.1 Å². The maximum absolute atomic E-state index is 13.0. The molecule has 138 valence electrons. The van der Waals surface area contributed by atoms with Crippen molar-refractivity contribution in [3.8, 4) is 5.75 Å². The van der Waals surface area contributed by atoms with Crippen LogP contribution in [0.3, 0.4) is 0 Å². The highest BCUT2D eigenvalue weighted by atomic mass is 32.1. The number of aromatic nitrogens is 3. The molecule has 1 amide bonds. The van der Waals surface area contributed by atoms with E-state index in [2.05, 4.69) is 20.4 Å². The number of thiazole rings is 1. The Labute approximate surface area is 159 Å². The van der Waals surface area contributed by atoms with E-state index in [-0.39, 0.29) is 11.8 Å². The Balaban J connectivity index is 1.73. The highest BCUT2D eigenvalue weighted by Crippen LogP contribution is 2.30. The quantitative estimate of drug-likeness (QED) is 0.558. The number of hydrogen-bond donors (Lipinski definition) is 1. The molecule has 0 aliphatic heterocycles. The van der Waals surface area contributed by atoms with Crippen LogP contribution >= 0.6 is 11.3 Å². The van der Waals surface area contributed by atoms with Gasteiger partial charge in [-0.3, -0.25) is 10.1 Å². The van der Waals surface area contributed by atoms with Crippen LogP contribution in [0.2, 0.25) is 0 Å². The summed E-state index contributed by atoms with van der Waals surface area (Å²) in [6.07, 6.45) is 0. The summed E-state index contributed by atoms with van der Waals surface area (Å²) in [7, 11) is 1.62. The van der Waals surface area contributed by atoms with Crippen LogP contribution in [0.5, 0.6) is 5.75 Å². The SMILES string of the molecule is COc1ccc2nc(NC(=O)c3cc(C(C)C)nc4onc(C)c34)sc2c1. The molecule has 0 saturated carbocycles. The number of carbonyl (C=O) groups is 1. The molecule has 0 aliphatic rings. The number of amides is 1. The lowest BCUT2D eigenvalue weighted by atomic mass is 10.0. The van der Waals surface area contributed by atoms with E-state index < -0.39 is 0 Å². The van der Waals surface area contributed by atoms with Gasteiger partial charge in [-0.1, -0.05) is 30.3 Å². The first kappa shape index (κ1) is 17.4. The zero-order valence-corrected chi connectivity index (χ0v) is 16.2. The van der Waals surface area contributed by atoms with Crippen molar-refractivity contribution in [1.82, 2.24) is 15.1 Å². The maximum Gasteiger partial charge on any atom is 0.259 e. The van der Waals surface area contributed by atoms with E-state index in [0.29, 0.717) is 27.5 Å². The fourth-order valence-corrected chi connectivity index (χ4v) is 3.73. The molecule has 0 atom stereocenters. The number of hydrogen-bond acceptors (Lipinski definition) is 7. The van der Waals surface area contributed by atoms with Gasteiger partial charge in [-0.25, -0.2) is 9.97 Å². The standard InChI is InChI=1S/C19H18N4O3S/c1-9(2)14-8-12(16-10(3)23-26-18(16)20-14)17(24)22-19-21-13-6-5-11(25-4)7-15(13)27-19/h5-9H,1-4H3,(H,21,22,24). The average molecular weight is 382 g/mol. The molecule has 0 fully saturated rings. The second-order valence-electron chi connectivity index (χ2n) is 6.50. The summed E-state index contributed by atoms with van der Waals surface area (Å²) in [6.45, 7) is 5.82. The van der Waals surface area contributed by atoms with E-state index in [9.17, 15) is 4.79 Å². The van der Waals surface area contributed by atoms with Crippen LogP contribution in [0, 0.1) is 6.92 Å². The summed E-state index contributed by atoms with van der Waals surface area (Å²) in [6, 6.07) is 7.40. The number of rotatable bonds is 4. The van der Waals surface area contributed by atoms with Gasteiger partial charge in [0.1, 0.15) is 5.75 Å². The summed E-state index contributed by atoms with van der Waals surface area (Å²) in [5.74, 6) is 0.643.